The highest BCUT2D eigenvalue weighted by Crippen LogP contribution is 2.29. The minimum atomic E-state index is 0.156. The van der Waals surface area contributed by atoms with E-state index in [-0.39, 0.29) is 6.04 Å². The van der Waals surface area contributed by atoms with Crippen LogP contribution in [-0.2, 0) is 11.3 Å². The number of hydrogen-bond donors (Lipinski definition) is 2. The van der Waals surface area contributed by atoms with Gasteiger partial charge in [0.1, 0.15) is 5.82 Å². The van der Waals surface area contributed by atoms with Crippen LogP contribution >= 0.6 is 11.3 Å². The van der Waals surface area contributed by atoms with Crippen molar-refractivity contribution in [3.8, 4) is 10.6 Å². The lowest BCUT2D eigenvalue weighted by atomic mass is 10.1. The summed E-state index contributed by atoms with van der Waals surface area (Å²) in [4.78, 5) is 11.5. The second-order valence-electron chi connectivity index (χ2n) is 5.76. The summed E-state index contributed by atoms with van der Waals surface area (Å²) in [6.07, 6.45) is 3.80. The molecule has 0 spiro atoms. The number of rotatable bonds is 4. The maximum atomic E-state index is 5.67. The number of imidazole rings is 1. The van der Waals surface area contributed by atoms with Crippen LogP contribution in [0.1, 0.15) is 23.1 Å². The Kier molecular flexibility index (Phi) is 3.99. The molecule has 23 heavy (non-hydrogen) atoms. The molecule has 4 rings (SSSR count). The Morgan fingerprint density at radius 3 is 3.17 bits per heavy atom. The lowest BCUT2D eigenvalue weighted by Crippen LogP contribution is -2.39. The Balaban J connectivity index is 1.58. The molecule has 120 valence electrons. The van der Waals surface area contributed by atoms with E-state index in [9.17, 15) is 0 Å². The van der Waals surface area contributed by atoms with E-state index in [4.69, 9.17) is 4.74 Å². The van der Waals surface area contributed by atoms with Gasteiger partial charge >= 0.3 is 0 Å². The molecule has 2 N–H and O–H groups in total. The minimum absolute atomic E-state index is 0.156. The predicted octanol–water partition coefficient (Wildman–Crippen LogP) is 2.74. The number of aromatic nitrogens is 4. The molecule has 6 nitrogen and oxygen atoms in total. The Labute approximate surface area is 138 Å². The zero-order valence-corrected chi connectivity index (χ0v) is 13.8. The highest BCUT2D eigenvalue weighted by Gasteiger charge is 2.28. The lowest BCUT2D eigenvalue weighted by Gasteiger charge is -2.34. The average Bonchev–Trinajstić information content (AvgIpc) is 3.28. The van der Waals surface area contributed by atoms with E-state index in [0.29, 0.717) is 6.61 Å². The maximum Gasteiger partial charge on any atom is 0.126 e. The van der Waals surface area contributed by atoms with Crippen LogP contribution in [0.5, 0.6) is 0 Å². The molecule has 0 aromatic carbocycles. The number of nitrogens with one attached hydrogen (secondary N) is 2. The molecule has 0 amide bonds. The molecule has 1 aliphatic rings. The standard InChI is InChI=1S/C16H19N5OS/c1-11-7-17-16(19-11)13-10-22-5-4-21(13)9-12-8-18-20-15(12)14-3-2-6-23-14/h2-3,6-8,13H,4-5,9-10H2,1H3,(H,17,19)(H,18,20)/t13-/m0/s1. The fourth-order valence-corrected chi connectivity index (χ4v) is 3.72. The Morgan fingerprint density at radius 1 is 1.43 bits per heavy atom. The summed E-state index contributed by atoms with van der Waals surface area (Å²) in [5, 5.41) is 9.47. The van der Waals surface area contributed by atoms with Gasteiger partial charge in [0.05, 0.1) is 36.0 Å². The van der Waals surface area contributed by atoms with Crippen molar-refractivity contribution >= 4 is 11.3 Å². The Morgan fingerprint density at radius 2 is 2.39 bits per heavy atom. The summed E-state index contributed by atoms with van der Waals surface area (Å²) < 4.78 is 5.67. The number of aromatic amines is 2. The Bertz CT molecular complexity index is 763. The van der Waals surface area contributed by atoms with Gasteiger partial charge in [-0.1, -0.05) is 6.07 Å². The molecule has 0 radical (unpaired) electrons. The lowest BCUT2D eigenvalue weighted by molar-refractivity contribution is -0.0156. The van der Waals surface area contributed by atoms with Gasteiger partial charge in [-0.2, -0.15) is 5.10 Å². The van der Waals surface area contributed by atoms with E-state index in [1.165, 1.54) is 10.4 Å². The number of H-pyrrole nitrogens is 2. The monoisotopic (exact) mass is 329 g/mol. The van der Waals surface area contributed by atoms with Crippen molar-refractivity contribution in [1.82, 2.24) is 25.1 Å². The van der Waals surface area contributed by atoms with Gasteiger partial charge < -0.3 is 9.72 Å². The van der Waals surface area contributed by atoms with Crippen molar-refractivity contribution in [2.45, 2.75) is 19.5 Å². The van der Waals surface area contributed by atoms with E-state index in [0.717, 1.165) is 36.9 Å². The van der Waals surface area contributed by atoms with Gasteiger partial charge in [0, 0.05) is 30.5 Å². The topological polar surface area (TPSA) is 69.8 Å². The zero-order valence-electron chi connectivity index (χ0n) is 13.0. The highest BCUT2D eigenvalue weighted by molar-refractivity contribution is 7.13. The third-order valence-corrected chi connectivity index (χ3v) is 5.02. The second kappa shape index (κ2) is 6.27. The van der Waals surface area contributed by atoms with Crippen LogP contribution in [0.15, 0.2) is 29.9 Å². The fraction of sp³-hybridized carbons (Fsp3) is 0.375. The SMILES string of the molecule is Cc1cnc([C@@H]2COCCN2Cc2cn[nH]c2-c2cccs2)[nH]1. The van der Waals surface area contributed by atoms with E-state index in [1.54, 1.807) is 11.3 Å². The molecule has 3 aromatic heterocycles. The predicted molar refractivity (Wildman–Crippen MR) is 89.2 cm³/mol. The van der Waals surface area contributed by atoms with Crippen LogP contribution in [0.2, 0.25) is 0 Å². The van der Waals surface area contributed by atoms with Gasteiger partial charge in [0.25, 0.3) is 0 Å². The summed E-state index contributed by atoms with van der Waals surface area (Å²) in [5.41, 5.74) is 3.40. The largest absolute Gasteiger partial charge is 0.378 e. The molecular weight excluding hydrogens is 310 g/mol. The van der Waals surface area contributed by atoms with E-state index < -0.39 is 0 Å². The van der Waals surface area contributed by atoms with Gasteiger partial charge in [-0.25, -0.2) is 4.98 Å². The van der Waals surface area contributed by atoms with Crippen LogP contribution in [0.3, 0.4) is 0 Å². The smallest absolute Gasteiger partial charge is 0.126 e. The van der Waals surface area contributed by atoms with Crippen LogP contribution in [0, 0.1) is 6.92 Å². The number of ether oxygens (including phenoxy) is 1. The number of nitrogens with zero attached hydrogens (tertiary/aromatic N) is 3. The van der Waals surface area contributed by atoms with Gasteiger partial charge in [-0.15, -0.1) is 11.3 Å². The second-order valence-corrected chi connectivity index (χ2v) is 6.71. The van der Waals surface area contributed by atoms with Crippen LogP contribution in [0.25, 0.3) is 10.6 Å². The molecular formula is C16H19N5OS. The summed E-state index contributed by atoms with van der Waals surface area (Å²) in [7, 11) is 0. The molecule has 1 saturated heterocycles. The maximum absolute atomic E-state index is 5.67. The van der Waals surface area contributed by atoms with Crippen molar-refractivity contribution in [3.63, 3.8) is 0 Å². The van der Waals surface area contributed by atoms with E-state index in [1.807, 2.05) is 19.3 Å². The van der Waals surface area contributed by atoms with Crippen molar-refractivity contribution in [1.29, 1.82) is 0 Å². The zero-order chi connectivity index (χ0) is 15.6. The fourth-order valence-electron chi connectivity index (χ4n) is 2.97. The summed E-state index contributed by atoms with van der Waals surface area (Å²) in [5.74, 6) is 0.975. The molecule has 7 heteroatoms. The number of hydrogen-bond acceptors (Lipinski definition) is 5. The van der Waals surface area contributed by atoms with Gasteiger partial charge in [0.2, 0.25) is 0 Å². The van der Waals surface area contributed by atoms with Gasteiger partial charge in [-0.05, 0) is 18.4 Å². The van der Waals surface area contributed by atoms with Crippen LogP contribution < -0.4 is 0 Å². The summed E-state index contributed by atoms with van der Waals surface area (Å²) >= 11 is 1.72. The molecule has 1 aliphatic heterocycles. The van der Waals surface area contributed by atoms with Crippen LogP contribution in [0.4, 0.5) is 0 Å². The van der Waals surface area contributed by atoms with E-state index >= 15 is 0 Å². The molecule has 1 fully saturated rings. The molecule has 0 saturated carbocycles. The van der Waals surface area contributed by atoms with Crippen molar-refractivity contribution in [2.75, 3.05) is 19.8 Å². The molecule has 1 atom stereocenters. The quantitative estimate of drug-likeness (QED) is 0.772. The van der Waals surface area contributed by atoms with Gasteiger partial charge in [0.15, 0.2) is 0 Å². The van der Waals surface area contributed by atoms with Crippen LogP contribution in [-0.4, -0.2) is 44.8 Å². The van der Waals surface area contributed by atoms with E-state index in [2.05, 4.69) is 42.6 Å². The van der Waals surface area contributed by atoms with Crippen molar-refractivity contribution in [2.24, 2.45) is 0 Å². The van der Waals surface area contributed by atoms with Gasteiger partial charge in [-0.3, -0.25) is 10.00 Å². The third kappa shape index (κ3) is 2.95. The molecule has 3 aromatic rings. The summed E-state index contributed by atoms with van der Waals surface area (Å²) in [6, 6.07) is 4.34. The molecule has 0 aliphatic carbocycles. The number of morpholine rings is 1. The first-order valence-electron chi connectivity index (χ1n) is 7.70. The molecule has 0 bridgehead atoms. The number of thiophene rings is 1. The first-order chi connectivity index (χ1) is 11.3. The average molecular weight is 329 g/mol. The first-order valence-corrected chi connectivity index (χ1v) is 8.58. The first kappa shape index (κ1) is 14.6. The van der Waals surface area contributed by atoms with Crippen molar-refractivity contribution in [3.05, 3.63) is 47.0 Å². The summed E-state index contributed by atoms with van der Waals surface area (Å²) in [6.45, 7) is 5.16. The third-order valence-electron chi connectivity index (χ3n) is 4.14. The minimum Gasteiger partial charge on any atom is -0.378 e. The van der Waals surface area contributed by atoms with Crippen molar-refractivity contribution < 1.29 is 4.74 Å². The molecule has 4 heterocycles. The molecule has 0 unspecified atom stereocenters. The Hall–Kier alpha value is -1.96. The number of aryl methyl sites for hydroxylation is 1. The highest BCUT2D eigenvalue weighted by atomic mass is 32.1. The normalized spacial score (nSPS) is 19.3.